The zero-order chi connectivity index (χ0) is 10.0. The summed E-state index contributed by atoms with van der Waals surface area (Å²) in [6.07, 6.45) is 3.56. The smallest absolute Gasteiger partial charge is 0.205 e. The minimum atomic E-state index is 0.0551. The number of nitrogens with zero attached hydrogens (tertiary/aromatic N) is 2. The summed E-state index contributed by atoms with van der Waals surface area (Å²) < 4.78 is 5.50. The van der Waals surface area contributed by atoms with Crippen LogP contribution in [0.5, 0.6) is 0 Å². The van der Waals surface area contributed by atoms with Gasteiger partial charge in [-0.1, -0.05) is 11.3 Å². The first-order valence-corrected chi connectivity index (χ1v) is 5.65. The van der Waals surface area contributed by atoms with Crippen molar-refractivity contribution in [1.82, 2.24) is 10.2 Å². The fourth-order valence-electron chi connectivity index (χ4n) is 1.63. The molecule has 0 bridgehead atoms. The van der Waals surface area contributed by atoms with Gasteiger partial charge >= 0.3 is 0 Å². The normalized spacial score (nSPS) is 19.0. The summed E-state index contributed by atoms with van der Waals surface area (Å²) >= 11 is 1.58. The van der Waals surface area contributed by atoms with E-state index in [-0.39, 0.29) is 5.60 Å². The topological polar surface area (TPSA) is 47.0 Å². The van der Waals surface area contributed by atoms with Crippen molar-refractivity contribution in [2.24, 2.45) is 0 Å². The van der Waals surface area contributed by atoms with Gasteiger partial charge in [0.25, 0.3) is 0 Å². The molecule has 0 spiro atoms. The number of aryl methyl sites for hydroxylation is 1. The van der Waals surface area contributed by atoms with Crippen LogP contribution in [-0.2, 0) is 4.74 Å². The molecule has 5 heteroatoms. The third kappa shape index (κ3) is 1.88. The first kappa shape index (κ1) is 9.86. The highest BCUT2D eigenvalue weighted by molar-refractivity contribution is 7.15. The van der Waals surface area contributed by atoms with Crippen molar-refractivity contribution in [3.8, 4) is 0 Å². The second-order valence-corrected chi connectivity index (χ2v) is 4.90. The van der Waals surface area contributed by atoms with Crippen molar-refractivity contribution in [2.45, 2.75) is 31.8 Å². The lowest BCUT2D eigenvalue weighted by atomic mass is 9.80. The van der Waals surface area contributed by atoms with Gasteiger partial charge in [-0.25, -0.2) is 0 Å². The van der Waals surface area contributed by atoms with Crippen LogP contribution in [0.15, 0.2) is 0 Å². The number of methoxy groups -OCH3 is 1. The standard InChI is InChI=1S/C9H15N3OS/c1-7-11-12-8(14-7)10-6-9(13-2)4-3-5-9/h3-6H2,1-2H3,(H,10,12). The molecule has 1 aliphatic carbocycles. The Bertz CT molecular complexity index is 303. The highest BCUT2D eigenvalue weighted by Crippen LogP contribution is 2.35. The number of aromatic nitrogens is 2. The van der Waals surface area contributed by atoms with E-state index >= 15 is 0 Å². The number of hydrogen-bond acceptors (Lipinski definition) is 5. The molecule has 1 N–H and O–H groups in total. The largest absolute Gasteiger partial charge is 0.376 e. The molecule has 4 nitrogen and oxygen atoms in total. The molecule has 0 aliphatic heterocycles. The van der Waals surface area contributed by atoms with Crippen LogP contribution >= 0.6 is 11.3 Å². The molecular weight excluding hydrogens is 198 g/mol. The Morgan fingerprint density at radius 3 is 2.71 bits per heavy atom. The van der Waals surface area contributed by atoms with Gasteiger partial charge in [-0.2, -0.15) is 0 Å². The first-order chi connectivity index (χ1) is 6.74. The zero-order valence-corrected chi connectivity index (χ0v) is 9.36. The third-order valence-electron chi connectivity index (χ3n) is 2.79. The van der Waals surface area contributed by atoms with Gasteiger partial charge in [0.15, 0.2) is 0 Å². The van der Waals surface area contributed by atoms with Crippen LogP contribution in [0.1, 0.15) is 24.3 Å². The van der Waals surface area contributed by atoms with Crippen LogP contribution in [0.4, 0.5) is 5.13 Å². The van der Waals surface area contributed by atoms with Crippen molar-refractivity contribution < 1.29 is 4.74 Å². The van der Waals surface area contributed by atoms with Crippen LogP contribution in [0.3, 0.4) is 0 Å². The van der Waals surface area contributed by atoms with Crippen molar-refractivity contribution in [3.05, 3.63) is 5.01 Å². The SMILES string of the molecule is COC1(CNc2nnc(C)s2)CCC1. The van der Waals surface area contributed by atoms with E-state index in [2.05, 4.69) is 15.5 Å². The molecule has 0 amide bonds. The van der Waals surface area contributed by atoms with E-state index in [0.717, 1.165) is 29.5 Å². The van der Waals surface area contributed by atoms with Crippen LogP contribution in [0.25, 0.3) is 0 Å². The summed E-state index contributed by atoms with van der Waals surface area (Å²) in [5, 5.41) is 13.1. The number of ether oxygens (including phenoxy) is 1. The molecule has 0 atom stereocenters. The molecule has 14 heavy (non-hydrogen) atoms. The van der Waals surface area contributed by atoms with Crippen molar-refractivity contribution in [1.29, 1.82) is 0 Å². The van der Waals surface area contributed by atoms with Crippen LogP contribution in [0.2, 0.25) is 0 Å². The lowest BCUT2D eigenvalue weighted by molar-refractivity contribution is -0.0601. The Labute approximate surface area is 87.7 Å². The lowest BCUT2D eigenvalue weighted by Crippen LogP contribution is -2.45. The first-order valence-electron chi connectivity index (χ1n) is 4.83. The monoisotopic (exact) mass is 213 g/mol. The second kappa shape index (κ2) is 3.82. The maximum absolute atomic E-state index is 5.50. The third-order valence-corrected chi connectivity index (χ3v) is 3.58. The van der Waals surface area contributed by atoms with Crippen molar-refractivity contribution in [3.63, 3.8) is 0 Å². The molecular formula is C9H15N3OS. The summed E-state index contributed by atoms with van der Waals surface area (Å²) in [6, 6.07) is 0. The highest BCUT2D eigenvalue weighted by Gasteiger charge is 2.36. The quantitative estimate of drug-likeness (QED) is 0.829. The molecule has 0 aromatic carbocycles. The van der Waals surface area contributed by atoms with Crippen LogP contribution in [-0.4, -0.2) is 29.5 Å². The van der Waals surface area contributed by atoms with E-state index in [0.29, 0.717) is 0 Å². The summed E-state index contributed by atoms with van der Waals surface area (Å²) in [5.74, 6) is 0. The average Bonchev–Trinajstić information content (AvgIpc) is 2.50. The molecule has 1 aromatic heterocycles. The van der Waals surface area contributed by atoms with Crippen LogP contribution in [0, 0.1) is 6.92 Å². The summed E-state index contributed by atoms with van der Waals surface area (Å²) in [7, 11) is 1.78. The highest BCUT2D eigenvalue weighted by atomic mass is 32.1. The van der Waals surface area contributed by atoms with Gasteiger partial charge in [-0.3, -0.25) is 0 Å². The molecule has 0 unspecified atom stereocenters. The maximum Gasteiger partial charge on any atom is 0.205 e. The summed E-state index contributed by atoms with van der Waals surface area (Å²) in [6.45, 7) is 2.80. The van der Waals surface area contributed by atoms with Gasteiger partial charge in [-0.15, -0.1) is 10.2 Å². The van der Waals surface area contributed by atoms with E-state index in [4.69, 9.17) is 4.74 Å². The van der Waals surface area contributed by atoms with Gasteiger partial charge in [0.1, 0.15) is 5.01 Å². The van der Waals surface area contributed by atoms with Gasteiger partial charge in [-0.05, 0) is 26.2 Å². The molecule has 1 heterocycles. The predicted molar refractivity (Wildman–Crippen MR) is 56.7 cm³/mol. The Morgan fingerprint density at radius 2 is 2.29 bits per heavy atom. The Hall–Kier alpha value is -0.680. The number of nitrogens with one attached hydrogen (secondary N) is 1. The molecule has 1 aliphatic rings. The molecule has 0 saturated heterocycles. The molecule has 1 saturated carbocycles. The molecule has 1 fully saturated rings. The average molecular weight is 213 g/mol. The van der Waals surface area contributed by atoms with Gasteiger partial charge < -0.3 is 10.1 Å². The van der Waals surface area contributed by atoms with E-state index in [1.807, 2.05) is 6.92 Å². The van der Waals surface area contributed by atoms with Crippen molar-refractivity contribution >= 4 is 16.5 Å². The second-order valence-electron chi connectivity index (χ2n) is 3.72. The van der Waals surface area contributed by atoms with Gasteiger partial charge in [0.05, 0.1) is 5.60 Å². The van der Waals surface area contributed by atoms with Crippen molar-refractivity contribution in [2.75, 3.05) is 19.0 Å². The number of rotatable bonds is 4. The van der Waals surface area contributed by atoms with Gasteiger partial charge in [0, 0.05) is 13.7 Å². The minimum absolute atomic E-state index is 0.0551. The minimum Gasteiger partial charge on any atom is -0.376 e. The van der Waals surface area contributed by atoms with E-state index in [1.54, 1.807) is 18.4 Å². The van der Waals surface area contributed by atoms with E-state index < -0.39 is 0 Å². The predicted octanol–water partition coefficient (Wildman–Crippen LogP) is 1.83. The lowest BCUT2D eigenvalue weighted by Gasteiger charge is -2.40. The fourth-order valence-corrected chi connectivity index (χ4v) is 2.22. The zero-order valence-electron chi connectivity index (χ0n) is 8.54. The maximum atomic E-state index is 5.50. The Balaban J connectivity index is 1.87. The van der Waals surface area contributed by atoms with E-state index in [9.17, 15) is 0 Å². The van der Waals surface area contributed by atoms with E-state index in [1.165, 1.54) is 6.42 Å². The van der Waals surface area contributed by atoms with Crippen LogP contribution < -0.4 is 5.32 Å². The summed E-state index contributed by atoms with van der Waals surface area (Å²) in [4.78, 5) is 0. The Morgan fingerprint density at radius 1 is 1.50 bits per heavy atom. The number of hydrogen-bond donors (Lipinski definition) is 1. The fraction of sp³-hybridized carbons (Fsp3) is 0.778. The molecule has 1 aromatic rings. The number of anilines is 1. The molecule has 0 radical (unpaired) electrons. The molecule has 78 valence electrons. The van der Waals surface area contributed by atoms with Gasteiger partial charge in [0.2, 0.25) is 5.13 Å². The Kier molecular flexibility index (Phi) is 2.69. The molecule has 2 rings (SSSR count). The summed E-state index contributed by atoms with van der Waals surface area (Å²) in [5.41, 5.74) is 0.0551.